The number of halogens is 3. The Morgan fingerprint density at radius 1 is 1.41 bits per heavy atom. The Balaban J connectivity index is 0.00000242. The van der Waals surface area contributed by atoms with Crippen molar-refractivity contribution in [1.29, 1.82) is 0 Å². The molecule has 124 valence electrons. The van der Waals surface area contributed by atoms with Crippen LogP contribution >= 0.6 is 24.0 Å². The van der Waals surface area contributed by atoms with Gasteiger partial charge in [0.1, 0.15) is 12.4 Å². The van der Waals surface area contributed by atoms with E-state index in [1.54, 1.807) is 18.2 Å². The van der Waals surface area contributed by atoms with Gasteiger partial charge in [-0.2, -0.15) is 0 Å². The number of nitrogens with one attached hydrogen (secondary N) is 1. The Morgan fingerprint density at radius 3 is 2.82 bits per heavy atom. The predicted molar refractivity (Wildman–Crippen MR) is 94.0 cm³/mol. The number of nitrogens with zero attached hydrogens (tertiary/aromatic N) is 1. The van der Waals surface area contributed by atoms with E-state index < -0.39 is 13.0 Å². The van der Waals surface area contributed by atoms with E-state index in [0.29, 0.717) is 24.2 Å². The van der Waals surface area contributed by atoms with Crippen molar-refractivity contribution in [2.24, 2.45) is 16.6 Å². The van der Waals surface area contributed by atoms with Gasteiger partial charge in [-0.15, -0.1) is 24.0 Å². The van der Waals surface area contributed by atoms with Crippen molar-refractivity contribution in [1.82, 2.24) is 5.32 Å². The third-order valence-corrected chi connectivity index (χ3v) is 3.50. The molecule has 0 saturated heterocycles. The second kappa shape index (κ2) is 9.81. The zero-order valence-electron chi connectivity index (χ0n) is 12.3. The first-order valence-corrected chi connectivity index (χ1v) is 7.17. The molecule has 0 bridgehead atoms. The molecule has 1 aliphatic carbocycles. The summed E-state index contributed by atoms with van der Waals surface area (Å²) >= 11 is 0. The Kier molecular flexibility index (Phi) is 8.44. The smallest absolute Gasteiger partial charge is 0.272 e. The fourth-order valence-electron chi connectivity index (χ4n) is 2.07. The molecule has 1 aliphatic rings. The molecule has 0 amide bonds. The van der Waals surface area contributed by atoms with Crippen molar-refractivity contribution in [2.45, 2.75) is 32.2 Å². The maximum atomic E-state index is 12.1. The number of hydrogen-bond acceptors (Lipinski definition) is 2. The molecule has 0 aromatic heterocycles. The summed E-state index contributed by atoms with van der Waals surface area (Å²) in [4.78, 5) is 4.24. The number of hydrogen-bond donors (Lipinski definition) is 2. The van der Waals surface area contributed by atoms with Crippen LogP contribution < -0.4 is 15.8 Å². The van der Waals surface area contributed by atoms with Gasteiger partial charge in [0.25, 0.3) is 6.43 Å². The van der Waals surface area contributed by atoms with E-state index in [2.05, 4.69) is 10.3 Å². The van der Waals surface area contributed by atoms with E-state index >= 15 is 0 Å². The second-order valence-corrected chi connectivity index (χ2v) is 5.23. The first-order valence-electron chi connectivity index (χ1n) is 7.17. The maximum Gasteiger partial charge on any atom is 0.272 e. The Morgan fingerprint density at radius 2 is 2.18 bits per heavy atom. The molecule has 22 heavy (non-hydrogen) atoms. The van der Waals surface area contributed by atoms with E-state index in [1.807, 2.05) is 6.07 Å². The SMILES string of the molecule is I.NC(=NCc1cccc(OCC(F)F)c1)NCC1CCC1. The Hall–Kier alpha value is -1.12. The number of benzene rings is 1. The van der Waals surface area contributed by atoms with Crippen LogP contribution in [0.2, 0.25) is 0 Å². The summed E-state index contributed by atoms with van der Waals surface area (Å²) in [6.45, 7) is 0.667. The molecular formula is C15H22F2IN3O. The van der Waals surface area contributed by atoms with Gasteiger partial charge in [-0.25, -0.2) is 13.8 Å². The number of aliphatic imine (C=N–C) groups is 1. The molecule has 1 aromatic rings. The van der Waals surface area contributed by atoms with Crippen LogP contribution in [-0.2, 0) is 6.54 Å². The molecule has 0 aliphatic heterocycles. The van der Waals surface area contributed by atoms with Crippen LogP contribution in [0.3, 0.4) is 0 Å². The highest BCUT2D eigenvalue weighted by Crippen LogP contribution is 2.25. The van der Waals surface area contributed by atoms with Crippen LogP contribution in [0.4, 0.5) is 8.78 Å². The number of nitrogens with two attached hydrogens (primary N) is 1. The van der Waals surface area contributed by atoms with Gasteiger partial charge in [-0.3, -0.25) is 0 Å². The van der Waals surface area contributed by atoms with Crippen molar-refractivity contribution in [2.75, 3.05) is 13.2 Å². The van der Waals surface area contributed by atoms with Crippen molar-refractivity contribution < 1.29 is 13.5 Å². The van der Waals surface area contributed by atoms with E-state index in [1.165, 1.54) is 19.3 Å². The molecule has 1 aromatic carbocycles. The molecule has 7 heteroatoms. The van der Waals surface area contributed by atoms with E-state index in [-0.39, 0.29) is 24.0 Å². The summed E-state index contributed by atoms with van der Waals surface area (Å²) in [5, 5.41) is 3.11. The lowest BCUT2D eigenvalue weighted by atomic mass is 9.85. The summed E-state index contributed by atoms with van der Waals surface area (Å²) in [6.07, 6.45) is 1.33. The van der Waals surface area contributed by atoms with E-state index in [9.17, 15) is 8.78 Å². The zero-order chi connectivity index (χ0) is 15.1. The average Bonchev–Trinajstić information content (AvgIpc) is 2.42. The first-order chi connectivity index (χ1) is 10.1. The Bertz CT molecular complexity index is 482. The third-order valence-electron chi connectivity index (χ3n) is 3.50. The minimum Gasteiger partial charge on any atom is -0.488 e. The number of rotatable bonds is 7. The van der Waals surface area contributed by atoms with Crippen LogP contribution in [0.1, 0.15) is 24.8 Å². The summed E-state index contributed by atoms with van der Waals surface area (Å²) in [7, 11) is 0. The van der Waals surface area contributed by atoms with Crippen molar-refractivity contribution in [3.8, 4) is 5.75 Å². The topological polar surface area (TPSA) is 59.6 Å². The van der Waals surface area contributed by atoms with Gasteiger partial charge in [0.05, 0.1) is 6.54 Å². The summed E-state index contributed by atoms with van der Waals surface area (Å²) in [6, 6.07) is 6.96. The maximum absolute atomic E-state index is 12.1. The predicted octanol–water partition coefficient (Wildman–Crippen LogP) is 3.15. The molecule has 0 radical (unpaired) electrons. The number of alkyl halides is 2. The fourth-order valence-corrected chi connectivity index (χ4v) is 2.07. The summed E-state index contributed by atoms with van der Waals surface area (Å²) in [5.74, 6) is 1.55. The first kappa shape index (κ1) is 18.9. The third kappa shape index (κ3) is 6.76. The summed E-state index contributed by atoms with van der Waals surface area (Å²) < 4.78 is 29.1. The van der Waals surface area contributed by atoms with Crippen LogP contribution in [0, 0.1) is 5.92 Å². The highest BCUT2D eigenvalue weighted by atomic mass is 127. The van der Waals surface area contributed by atoms with Gasteiger partial charge in [-0.05, 0) is 36.5 Å². The van der Waals surface area contributed by atoms with Crippen LogP contribution in [0.5, 0.6) is 5.75 Å². The lowest BCUT2D eigenvalue weighted by Gasteiger charge is -2.25. The van der Waals surface area contributed by atoms with Gasteiger partial charge in [0.2, 0.25) is 0 Å². The quantitative estimate of drug-likeness (QED) is 0.401. The van der Waals surface area contributed by atoms with Crippen molar-refractivity contribution in [3.63, 3.8) is 0 Å². The molecule has 3 N–H and O–H groups in total. The molecule has 0 heterocycles. The standard InChI is InChI=1S/C15H21F2N3O.HI/c16-14(17)10-21-13-6-2-5-12(7-13)9-20-15(18)19-8-11-3-1-4-11;/h2,5-7,11,14H,1,3-4,8-10H2,(H3,18,19,20);1H. The summed E-state index contributed by atoms with van der Waals surface area (Å²) in [5.41, 5.74) is 6.66. The minimum absolute atomic E-state index is 0. The van der Waals surface area contributed by atoms with Crippen LogP contribution in [-0.4, -0.2) is 25.5 Å². The van der Waals surface area contributed by atoms with Gasteiger partial charge in [0, 0.05) is 6.54 Å². The van der Waals surface area contributed by atoms with Gasteiger partial charge in [-0.1, -0.05) is 18.6 Å². The molecule has 0 unspecified atom stereocenters. The van der Waals surface area contributed by atoms with Crippen molar-refractivity contribution >= 4 is 29.9 Å². The molecule has 1 saturated carbocycles. The number of ether oxygens (including phenoxy) is 1. The molecule has 0 spiro atoms. The number of guanidine groups is 1. The Labute approximate surface area is 146 Å². The lowest BCUT2D eigenvalue weighted by molar-refractivity contribution is 0.0818. The molecular weight excluding hydrogens is 403 g/mol. The monoisotopic (exact) mass is 425 g/mol. The fraction of sp³-hybridized carbons (Fsp3) is 0.533. The van der Waals surface area contributed by atoms with Gasteiger partial charge < -0.3 is 15.8 Å². The lowest BCUT2D eigenvalue weighted by Crippen LogP contribution is -2.37. The minimum atomic E-state index is -2.47. The average molecular weight is 425 g/mol. The van der Waals surface area contributed by atoms with Gasteiger partial charge >= 0.3 is 0 Å². The van der Waals surface area contributed by atoms with E-state index in [0.717, 1.165) is 12.1 Å². The van der Waals surface area contributed by atoms with Gasteiger partial charge in [0.15, 0.2) is 5.96 Å². The molecule has 2 rings (SSSR count). The zero-order valence-corrected chi connectivity index (χ0v) is 14.6. The molecule has 1 fully saturated rings. The largest absolute Gasteiger partial charge is 0.488 e. The van der Waals surface area contributed by atoms with Crippen LogP contribution in [0.25, 0.3) is 0 Å². The highest BCUT2D eigenvalue weighted by Gasteiger charge is 2.16. The molecule has 0 atom stereocenters. The normalized spacial score (nSPS) is 15.1. The van der Waals surface area contributed by atoms with Crippen molar-refractivity contribution in [3.05, 3.63) is 29.8 Å². The highest BCUT2D eigenvalue weighted by molar-refractivity contribution is 14.0. The van der Waals surface area contributed by atoms with Crippen LogP contribution in [0.15, 0.2) is 29.3 Å². The molecule has 4 nitrogen and oxygen atoms in total. The van der Waals surface area contributed by atoms with E-state index in [4.69, 9.17) is 10.5 Å². The second-order valence-electron chi connectivity index (χ2n) is 5.23.